The number of carbonyl (C=O) groups excluding carboxylic acids is 1. The van der Waals surface area contributed by atoms with Crippen molar-refractivity contribution in [3.05, 3.63) is 28.2 Å². The molecule has 64 valence electrons. The highest BCUT2D eigenvalue weighted by atomic mass is 79.9. The molecule has 0 aliphatic heterocycles. The van der Waals surface area contributed by atoms with Crippen LogP contribution in [-0.4, -0.2) is 16.1 Å². The fourth-order valence-electron chi connectivity index (χ4n) is 0.690. The molecular weight excluding hydrogens is 293 g/mol. The third-order valence-corrected chi connectivity index (χ3v) is 2.17. The summed E-state index contributed by atoms with van der Waals surface area (Å²) in [5, 5.41) is 0.0993. The predicted molar refractivity (Wildman–Crippen MR) is 50.0 cm³/mol. The van der Waals surface area contributed by atoms with Crippen LogP contribution in [0.4, 0.5) is 4.39 Å². The standard InChI is InChI=1S/C7H4Br2FNO/c8-2-6(12)5-1-4(9)3-11-7(5)10/h1,3H,2H2. The quantitative estimate of drug-likeness (QED) is 0.477. The van der Waals surface area contributed by atoms with Crippen molar-refractivity contribution in [3.8, 4) is 0 Å². The molecule has 0 radical (unpaired) electrons. The maximum Gasteiger partial charge on any atom is 0.223 e. The third-order valence-electron chi connectivity index (χ3n) is 1.23. The smallest absolute Gasteiger partial charge is 0.223 e. The molecule has 1 rings (SSSR count). The SMILES string of the molecule is O=C(CBr)c1cc(Br)cnc1F. The Balaban J connectivity index is 3.13. The van der Waals surface area contributed by atoms with Crippen LogP contribution in [0.1, 0.15) is 10.4 Å². The van der Waals surface area contributed by atoms with E-state index in [4.69, 9.17) is 0 Å². The molecule has 0 amide bonds. The second kappa shape index (κ2) is 4.09. The minimum atomic E-state index is -0.734. The molecule has 0 aliphatic carbocycles. The lowest BCUT2D eigenvalue weighted by Gasteiger charge is -1.98. The van der Waals surface area contributed by atoms with Crippen molar-refractivity contribution < 1.29 is 9.18 Å². The number of Topliss-reactive ketones (excluding diaryl/α,β-unsaturated/α-hetero) is 1. The van der Waals surface area contributed by atoms with E-state index >= 15 is 0 Å². The zero-order valence-electron chi connectivity index (χ0n) is 5.85. The number of pyridine rings is 1. The predicted octanol–water partition coefficient (Wildman–Crippen LogP) is 2.56. The van der Waals surface area contributed by atoms with Gasteiger partial charge in [0.2, 0.25) is 5.95 Å². The lowest BCUT2D eigenvalue weighted by molar-refractivity contribution is 0.101. The third kappa shape index (κ3) is 2.10. The first-order valence-electron chi connectivity index (χ1n) is 3.05. The number of hydrogen-bond acceptors (Lipinski definition) is 2. The molecule has 2 nitrogen and oxygen atoms in total. The Morgan fingerprint density at radius 3 is 2.92 bits per heavy atom. The van der Waals surface area contributed by atoms with Crippen molar-refractivity contribution >= 4 is 37.6 Å². The Morgan fingerprint density at radius 2 is 2.33 bits per heavy atom. The number of alkyl halides is 1. The van der Waals surface area contributed by atoms with Crippen molar-refractivity contribution in [2.24, 2.45) is 0 Å². The zero-order valence-corrected chi connectivity index (χ0v) is 9.02. The first-order chi connectivity index (χ1) is 5.65. The van der Waals surface area contributed by atoms with E-state index in [0.717, 1.165) is 0 Å². The molecule has 0 atom stereocenters. The summed E-state index contributed by atoms with van der Waals surface area (Å²) >= 11 is 6.05. The fraction of sp³-hybridized carbons (Fsp3) is 0.143. The molecule has 1 aromatic heterocycles. The van der Waals surface area contributed by atoms with Gasteiger partial charge in [-0.2, -0.15) is 4.39 Å². The van der Waals surface area contributed by atoms with E-state index in [2.05, 4.69) is 36.8 Å². The molecule has 0 aliphatic rings. The number of aromatic nitrogens is 1. The Hall–Kier alpha value is -0.290. The summed E-state index contributed by atoms with van der Waals surface area (Å²) in [6, 6.07) is 1.41. The molecule has 0 N–H and O–H groups in total. The van der Waals surface area contributed by atoms with E-state index in [0.29, 0.717) is 4.47 Å². The van der Waals surface area contributed by atoms with Crippen LogP contribution in [0.2, 0.25) is 0 Å². The topological polar surface area (TPSA) is 30.0 Å². The van der Waals surface area contributed by atoms with Gasteiger partial charge in [0.05, 0.1) is 10.9 Å². The van der Waals surface area contributed by atoms with Crippen molar-refractivity contribution in [1.82, 2.24) is 4.98 Å². The van der Waals surface area contributed by atoms with Gasteiger partial charge < -0.3 is 0 Å². The number of carbonyl (C=O) groups is 1. The Labute approximate surface area is 85.4 Å². The molecule has 0 unspecified atom stereocenters. The van der Waals surface area contributed by atoms with E-state index in [1.165, 1.54) is 12.3 Å². The summed E-state index contributed by atoms with van der Waals surface area (Å²) < 4.78 is 13.4. The van der Waals surface area contributed by atoms with Crippen LogP contribution in [-0.2, 0) is 0 Å². The van der Waals surface area contributed by atoms with Gasteiger partial charge in [0.1, 0.15) is 0 Å². The highest BCUT2D eigenvalue weighted by Gasteiger charge is 2.11. The minimum Gasteiger partial charge on any atom is -0.293 e. The molecule has 0 fully saturated rings. The summed E-state index contributed by atoms with van der Waals surface area (Å²) in [6.07, 6.45) is 1.31. The molecule has 0 spiro atoms. The van der Waals surface area contributed by atoms with Crippen molar-refractivity contribution in [3.63, 3.8) is 0 Å². The van der Waals surface area contributed by atoms with E-state index in [1.807, 2.05) is 0 Å². The lowest BCUT2D eigenvalue weighted by Crippen LogP contribution is -2.04. The molecule has 5 heteroatoms. The van der Waals surface area contributed by atoms with Crippen LogP contribution in [0.25, 0.3) is 0 Å². The summed E-state index contributed by atoms with van der Waals surface area (Å²) in [5.74, 6) is -1.05. The van der Waals surface area contributed by atoms with Gasteiger partial charge >= 0.3 is 0 Å². The van der Waals surface area contributed by atoms with Gasteiger partial charge in [-0.15, -0.1) is 0 Å². The maximum absolute atomic E-state index is 12.8. The number of rotatable bonds is 2. The van der Waals surface area contributed by atoms with Gasteiger partial charge in [-0.05, 0) is 22.0 Å². The van der Waals surface area contributed by atoms with E-state index in [1.54, 1.807) is 0 Å². The van der Waals surface area contributed by atoms with Gasteiger partial charge in [0, 0.05) is 10.7 Å². The number of nitrogens with zero attached hydrogens (tertiary/aromatic N) is 1. The number of hydrogen-bond donors (Lipinski definition) is 0. The first-order valence-corrected chi connectivity index (χ1v) is 4.97. The summed E-state index contributed by atoms with van der Waals surface area (Å²) in [4.78, 5) is 14.4. The van der Waals surface area contributed by atoms with Gasteiger partial charge in [-0.1, -0.05) is 15.9 Å². The zero-order chi connectivity index (χ0) is 9.14. The highest BCUT2D eigenvalue weighted by Crippen LogP contribution is 2.13. The molecule has 0 saturated carbocycles. The van der Waals surface area contributed by atoms with Crippen LogP contribution in [0.5, 0.6) is 0 Å². The van der Waals surface area contributed by atoms with Gasteiger partial charge in [0.25, 0.3) is 0 Å². The number of halogens is 3. The lowest BCUT2D eigenvalue weighted by atomic mass is 10.2. The Bertz CT molecular complexity index is 316. The summed E-state index contributed by atoms with van der Waals surface area (Å²) in [6.45, 7) is 0. The monoisotopic (exact) mass is 295 g/mol. The molecular formula is C7H4Br2FNO. The van der Waals surface area contributed by atoms with Crippen LogP contribution in [0.15, 0.2) is 16.7 Å². The second-order valence-electron chi connectivity index (χ2n) is 2.05. The molecule has 1 aromatic rings. The van der Waals surface area contributed by atoms with Gasteiger partial charge in [0.15, 0.2) is 5.78 Å². The molecule has 12 heavy (non-hydrogen) atoms. The Morgan fingerprint density at radius 1 is 1.67 bits per heavy atom. The summed E-state index contributed by atoms with van der Waals surface area (Å²) in [5.41, 5.74) is 0.00116. The van der Waals surface area contributed by atoms with Crippen molar-refractivity contribution in [2.45, 2.75) is 0 Å². The molecule has 0 bridgehead atoms. The summed E-state index contributed by atoms with van der Waals surface area (Å²) in [7, 11) is 0. The van der Waals surface area contributed by atoms with Gasteiger partial charge in [-0.25, -0.2) is 4.98 Å². The van der Waals surface area contributed by atoms with Crippen LogP contribution >= 0.6 is 31.9 Å². The van der Waals surface area contributed by atoms with Crippen molar-refractivity contribution in [1.29, 1.82) is 0 Å². The minimum absolute atomic E-state index is 0.00116. The van der Waals surface area contributed by atoms with Crippen molar-refractivity contribution in [2.75, 3.05) is 5.33 Å². The average molecular weight is 297 g/mol. The average Bonchev–Trinajstić information content (AvgIpc) is 2.08. The molecule has 0 aromatic carbocycles. The Kier molecular flexibility index (Phi) is 3.34. The first kappa shape index (κ1) is 9.80. The second-order valence-corrected chi connectivity index (χ2v) is 3.53. The molecule has 1 heterocycles. The van der Waals surface area contributed by atoms with Gasteiger partial charge in [-0.3, -0.25) is 4.79 Å². The highest BCUT2D eigenvalue weighted by molar-refractivity contribution is 9.10. The maximum atomic E-state index is 12.8. The van der Waals surface area contributed by atoms with Crippen LogP contribution in [0.3, 0.4) is 0 Å². The van der Waals surface area contributed by atoms with E-state index < -0.39 is 5.95 Å². The molecule has 0 saturated heterocycles. The van der Waals surface area contributed by atoms with Crippen LogP contribution < -0.4 is 0 Å². The largest absolute Gasteiger partial charge is 0.293 e. The fourth-order valence-corrected chi connectivity index (χ4v) is 1.32. The van der Waals surface area contributed by atoms with Crippen LogP contribution in [0, 0.1) is 5.95 Å². The normalized spacial score (nSPS) is 9.92. The van der Waals surface area contributed by atoms with E-state index in [-0.39, 0.29) is 16.7 Å². The number of ketones is 1. The van der Waals surface area contributed by atoms with E-state index in [9.17, 15) is 9.18 Å².